The van der Waals surface area contributed by atoms with Gasteiger partial charge in [-0.1, -0.05) is 0 Å². The fourth-order valence-electron chi connectivity index (χ4n) is 1.17. The van der Waals surface area contributed by atoms with Crippen LogP contribution in [0.25, 0.3) is 0 Å². The number of carboxylic acids is 1. The van der Waals surface area contributed by atoms with Gasteiger partial charge in [-0.2, -0.15) is 0 Å². The van der Waals surface area contributed by atoms with E-state index in [0.717, 1.165) is 5.69 Å². The number of pyridine rings is 1. The van der Waals surface area contributed by atoms with E-state index in [1.807, 2.05) is 6.92 Å². The summed E-state index contributed by atoms with van der Waals surface area (Å²) in [6, 6.07) is 4.74. The third-order valence-corrected chi connectivity index (χ3v) is 2.76. The molecule has 86 valence electrons. The minimum atomic E-state index is -0.973. The topological polar surface area (TPSA) is 76.0 Å². The Bertz CT molecular complexity index is 560. The predicted molar refractivity (Wildman–Crippen MR) is 62.1 cm³/mol. The molecule has 0 aliphatic rings. The van der Waals surface area contributed by atoms with Gasteiger partial charge in [-0.25, -0.2) is 19.7 Å². The molecule has 0 spiro atoms. The largest absolute Gasteiger partial charge is 0.478 e. The fourth-order valence-corrected chi connectivity index (χ4v) is 1.96. The van der Waals surface area contributed by atoms with Crippen molar-refractivity contribution in [1.82, 2.24) is 15.0 Å². The molecule has 5 nitrogen and oxygen atoms in total. The van der Waals surface area contributed by atoms with Crippen LogP contribution in [0.4, 0.5) is 0 Å². The molecule has 0 fully saturated rings. The second-order valence-corrected chi connectivity index (χ2v) is 4.26. The summed E-state index contributed by atoms with van der Waals surface area (Å²) in [5, 5.41) is 9.97. The second-order valence-electron chi connectivity index (χ2n) is 3.27. The maximum absolute atomic E-state index is 10.8. The lowest BCUT2D eigenvalue weighted by atomic mass is 10.3. The van der Waals surface area contributed by atoms with E-state index >= 15 is 0 Å². The Labute approximate surface area is 102 Å². The van der Waals surface area contributed by atoms with Gasteiger partial charge in [0.05, 0.1) is 5.56 Å². The number of hydrogen-bond donors (Lipinski definition) is 1. The highest BCUT2D eigenvalue weighted by Crippen LogP contribution is 2.22. The summed E-state index contributed by atoms with van der Waals surface area (Å²) >= 11 is 1.24. The molecule has 0 amide bonds. The number of carbonyl (C=O) groups is 1. The monoisotopic (exact) mass is 247 g/mol. The van der Waals surface area contributed by atoms with E-state index in [1.54, 1.807) is 12.3 Å². The van der Waals surface area contributed by atoms with Crippen LogP contribution in [0.5, 0.6) is 0 Å². The Morgan fingerprint density at radius 3 is 2.76 bits per heavy atom. The number of carboxylic acid groups (broad SMARTS) is 1. The van der Waals surface area contributed by atoms with Gasteiger partial charge in [-0.3, -0.25) is 0 Å². The van der Waals surface area contributed by atoms with Crippen molar-refractivity contribution in [2.45, 2.75) is 17.1 Å². The third kappa shape index (κ3) is 3.01. The molecule has 2 aromatic rings. The number of aromatic nitrogens is 3. The normalized spacial score (nSPS) is 10.2. The molecule has 2 aromatic heterocycles. The zero-order valence-electron chi connectivity index (χ0n) is 8.99. The molecular weight excluding hydrogens is 238 g/mol. The molecule has 17 heavy (non-hydrogen) atoms. The first-order valence-corrected chi connectivity index (χ1v) is 5.63. The zero-order chi connectivity index (χ0) is 12.3. The smallest absolute Gasteiger partial charge is 0.335 e. The first-order chi connectivity index (χ1) is 8.15. The average molecular weight is 247 g/mol. The summed E-state index contributed by atoms with van der Waals surface area (Å²) in [5.74, 6) is -0.973. The van der Waals surface area contributed by atoms with Crippen molar-refractivity contribution in [1.29, 1.82) is 0 Å². The van der Waals surface area contributed by atoms with Crippen LogP contribution in [0, 0.1) is 6.92 Å². The number of nitrogens with zero attached hydrogens (tertiary/aromatic N) is 3. The summed E-state index contributed by atoms with van der Waals surface area (Å²) in [7, 11) is 0. The molecule has 0 aromatic carbocycles. The van der Waals surface area contributed by atoms with Crippen molar-refractivity contribution < 1.29 is 9.90 Å². The Balaban J connectivity index is 2.24. The quantitative estimate of drug-likeness (QED) is 0.836. The minimum absolute atomic E-state index is 0.204. The maximum Gasteiger partial charge on any atom is 0.335 e. The lowest BCUT2D eigenvalue weighted by molar-refractivity contribution is 0.0696. The van der Waals surface area contributed by atoms with Crippen LogP contribution < -0.4 is 0 Å². The molecule has 0 unspecified atom stereocenters. The molecule has 0 aliphatic heterocycles. The van der Waals surface area contributed by atoms with Crippen molar-refractivity contribution in [2.24, 2.45) is 0 Å². The van der Waals surface area contributed by atoms with E-state index in [1.165, 1.54) is 30.1 Å². The fraction of sp³-hybridized carbons (Fsp3) is 0.0909. The molecule has 0 saturated heterocycles. The van der Waals surface area contributed by atoms with Gasteiger partial charge in [0, 0.05) is 18.1 Å². The van der Waals surface area contributed by atoms with Crippen LogP contribution >= 0.6 is 11.8 Å². The Hall–Kier alpha value is -1.95. The van der Waals surface area contributed by atoms with E-state index in [9.17, 15) is 4.79 Å². The maximum atomic E-state index is 10.8. The average Bonchev–Trinajstić information content (AvgIpc) is 2.29. The second kappa shape index (κ2) is 4.92. The highest BCUT2D eigenvalue weighted by molar-refractivity contribution is 7.99. The van der Waals surface area contributed by atoms with E-state index in [0.29, 0.717) is 10.2 Å². The number of hydrogen-bond acceptors (Lipinski definition) is 5. The van der Waals surface area contributed by atoms with E-state index in [4.69, 9.17) is 5.11 Å². The Morgan fingerprint density at radius 1 is 1.29 bits per heavy atom. The van der Waals surface area contributed by atoms with Gasteiger partial charge in [-0.15, -0.1) is 0 Å². The van der Waals surface area contributed by atoms with Crippen molar-refractivity contribution in [2.75, 3.05) is 0 Å². The van der Waals surface area contributed by atoms with E-state index < -0.39 is 5.97 Å². The van der Waals surface area contributed by atoms with Crippen LogP contribution in [0.3, 0.4) is 0 Å². The third-order valence-electron chi connectivity index (χ3n) is 1.95. The van der Waals surface area contributed by atoms with Gasteiger partial charge in [-0.05, 0) is 36.9 Å². The van der Waals surface area contributed by atoms with Crippen molar-refractivity contribution in [3.8, 4) is 0 Å². The summed E-state index contributed by atoms with van der Waals surface area (Å²) in [5.41, 5.74) is 1.06. The van der Waals surface area contributed by atoms with Gasteiger partial charge in [0.15, 0.2) is 5.16 Å². The summed E-state index contributed by atoms with van der Waals surface area (Å²) in [6.45, 7) is 1.87. The van der Waals surface area contributed by atoms with Gasteiger partial charge in [0.2, 0.25) is 0 Å². The predicted octanol–water partition coefficient (Wildman–Crippen LogP) is 2.03. The molecule has 6 heteroatoms. The summed E-state index contributed by atoms with van der Waals surface area (Å²) in [6.07, 6.45) is 3.12. The first-order valence-electron chi connectivity index (χ1n) is 4.82. The standard InChI is InChI=1S/C11H9N3O2S/c1-7-2-4-13-11(14-7)17-9-6-8(10(15)16)3-5-12-9/h2-6H,1H3,(H,15,16). The molecule has 0 radical (unpaired) electrons. The molecule has 1 N–H and O–H groups in total. The van der Waals surface area contributed by atoms with Crippen molar-refractivity contribution in [3.63, 3.8) is 0 Å². The number of aromatic carboxylic acids is 1. The zero-order valence-corrected chi connectivity index (χ0v) is 9.81. The van der Waals surface area contributed by atoms with Gasteiger partial charge >= 0.3 is 5.97 Å². The van der Waals surface area contributed by atoms with Crippen LogP contribution in [-0.2, 0) is 0 Å². The molecule has 0 aliphatic carbocycles. The molecular formula is C11H9N3O2S. The molecule has 0 atom stereocenters. The molecule has 0 saturated carbocycles. The van der Waals surface area contributed by atoms with Crippen molar-refractivity contribution in [3.05, 3.63) is 41.9 Å². The summed E-state index contributed by atoms with van der Waals surface area (Å²) in [4.78, 5) is 23.1. The van der Waals surface area contributed by atoms with Crippen LogP contribution in [0.2, 0.25) is 0 Å². The van der Waals surface area contributed by atoms with Gasteiger partial charge < -0.3 is 5.11 Å². The van der Waals surface area contributed by atoms with E-state index in [2.05, 4.69) is 15.0 Å². The minimum Gasteiger partial charge on any atom is -0.478 e. The van der Waals surface area contributed by atoms with E-state index in [-0.39, 0.29) is 5.56 Å². The highest BCUT2D eigenvalue weighted by Gasteiger charge is 2.06. The molecule has 2 heterocycles. The SMILES string of the molecule is Cc1ccnc(Sc2cc(C(=O)O)ccn2)n1. The molecule has 2 rings (SSSR count). The van der Waals surface area contributed by atoms with Crippen molar-refractivity contribution >= 4 is 17.7 Å². The first kappa shape index (κ1) is 11.5. The highest BCUT2D eigenvalue weighted by atomic mass is 32.2. The molecule has 0 bridgehead atoms. The van der Waals surface area contributed by atoms with Gasteiger partial charge in [0.25, 0.3) is 0 Å². The Morgan fingerprint density at radius 2 is 2.06 bits per heavy atom. The van der Waals surface area contributed by atoms with Crippen LogP contribution in [-0.4, -0.2) is 26.0 Å². The van der Waals surface area contributed by atoms with Gasteiger partial charge in [0.1, 0.15) is 5.03 Å². The Kier molecular flexibility index (Phi) is 3.34. The number of rotatable bonds is 3. The lowest BCUT2D eigenvalue weighted by Crippen LogP contribution is -1.97. The lowest BCUT2D eigenvalue weighted by Gasteiger charge is -2.01. The number of aryl methyl sites for hydroxylation is 1. The summed E-state index contributed by atoms with van der Waals surface area (Å²) < 4.78 is 0. The van der Waals surface area contributed by atoms with Crippen LogP contribution in [0.1, 0.15) is 16.1 Å². The van der Waals surface area contributed by atoms with Crippen LogP contribution in [0.15, 0.2) is 40.8 Å².